The Hall–Kier alpha value is -1.87. The molecule has 0 aliphatic carbocycles. The van der Waals surface area contributed by atoms with Gasteiger partial charge in [-0.1, -0.05) is 0 Å². The minimum Gasteiger partial charge on any atom is -0.406 e. The lowest BCUT2D eigenvalue weighted by molar-refractivity contribution is -0.274. The molecule has 0 aliphatic rings. The third-order valence-electron chi connectivity index (χ3n) is 2.03. The van der Waals surface area contributed by atoms with Crippen LogP contribution in [0.2, 0.25) is 0 Å². The van der Waals surface area contributed by atoms with Gasteiger partial charge in [-0.05, 0) is 34.7 Å². The van der Waals surface area contributed by atoms with Gasteiger partial charge >= 0.3 is 6.36 Å². The first-order valence-electron chi connectivity index (χ1n) is 4.83. The topological polar surface area (TPSA) is 78.9 Å². The van der Waals surface area contributed by atoms with Gasteiger partial charge < -0.3 is 10.5 Å². The molecule has 0 aliphatic heterocycles. The molecule has 1 aromatic heterocycles. The maximum Gasteiger partial charge on any atom is 0.573 e. The molecule has 0 fully saturated rings. The van der Waals surface area contributed by atoms with E-state index < -0.39 is 6.36 Å². The minimum atomic E-state index is -4.71. The molecule has 1 aromatic carbocycles. The largest absolute Gasteiger partial charge is 0.573 e. The number of hydrogen-bond acceptors (Lipinski definition) is 5. The van der Waals surface area contributed by atoms with E-state index in [1.54, 1.807) is 0 Å². The van der Waals surface area contributed by atoms with Crippen LogP contribution in [-0.4, -0.2) is 26.6 Å². The molecular weight excluding hydrogens is 287 g/mol. The summed E-state index contributed by atoms with van der Waals surface area (Å²) in [5.74, 6) is 0.0908. The quantitative estimate of drug-likeness (QED) is 0.927. The van der Waals surface area contributed by atoms with Gasteiger partial charge in [0.15, 0.2) is 5.82 Å². The fraction of sp³-hybridized carbons (Fsp3) is 0.222. The second-order valence-electron chi connectivity index (χ2n) is 3.25. The Kier molecular flexibility index (Phi) is 4.67. The molecule has 0 amide bonds. The van der Waals surface area contributed by atoms with E-state index >= 15 is 0 Å². The van der Waals surface area contributed by atoms with E-state index in [2.05, 4.69) is 20.3 Å². The molecule has 2 aromatic rings. The zero-order chi connectivity index (χ0) is 13.2. The number of benzene rings is 1. The molecule has 19 heavy (non-hydrogen) atoms. The highest BCUT2D eigenvalue weighted by molar-refractivity contribution is 5.85. The highest BCUT2D eigenvalue weighted by Gasteiger charge is 2.30. The van der Waals surface area contributed by atoms with Crippen molar-refractivity contribution in [3.05, 3.63) is 30.1 Å². The Morgan fingerprint density at radius 1 is 1.21 bits per heavy atom. The van der Waals surface area contributed by atoms with Crippen molar-refractivity contribution in [1.29, 1.82) is 0 Å². The number of halogens is 4. The fourth-order valence-corrected chi connectivity index (χ4v) is 1.32. The summed E-state index contributed by atoms with van der Waals surface area (Å²) >= 11 is 0. The molecule has 2 rings (SSSR count). The van der Waals surface area contributed by atoms with Gasteiger partial charge in [0, 0.05) is 0 Å². The Morgan fingerprint density at radius 3 is 2.37 bits per heavy atom. The first-order chi connectivity index (χ1) is 8.49. The summed E-state index contributed by atoms with van der Waals surface area (Å²) in [6, 6.07) is 5.14. The van der Waals surface area contributed by atoms with Crippen molar-refractivity contribution in [2.75, 3.05) is 0 Å². The number of tetrazole rings is 1. The highest BCUT2D eigenvalue weighted by Crippen LogP contribution is 2.23. The van der Waals surface area contributed by atoms with Gasteiger partial charge in [-0.25, -0.2) is 0 Å². The fourth-order valence-electron chi connectivity index (χ4n) is 1.32. The van der Waals surface area contributed by atoms with E-state index in [1.165, 1.54) is 28.9 Å². The van der Waals surface area contributed by atoms with Crippen LogP contribution in [0.5, 0.6) is 5.75 Å². The Labute approximate surface area is 111 Å². The molecule has 2 N–H and O–H groups in total. The van der Waals surface area contributed by atoms with Crippen LogP contribution in [0.25, 0.3) is 5.69 Å². The second kappa shape index (κ2) is 5.85. The van der Waals surface area contributed by atoms with E-state index in [0.29, 0.717) is 11.5 Å². The molecule has 0 radical (unpaired) electrons. The maximum absolute atomic E-state index is 12.0. The summed E-state index contributed by atoms with van der Waals surface area (Å²) in [7, 11) is 0. The summed E-state index contributed by atoms with van der Waals surface area (Å²) in [5, 5.41) is 10.8. The van der Waals surface area contributed by atoms with Crippen LogP contribution in [0.3, 0.4) is 0 Å². The van der Waals surface area contributed by atoms with Gasteiger partial charge in [0.05, 0.1) is 12.2 Å². The van der Waals surface area contributed by atoms with Gasteiger partial charge in [-0.15, -0.1) is 30.7 Å². The predicted molar refractivity (Wildman–Crippen MR) is 61.0 cm³/mol. The van der Waals surface area contributed by atoms with Crippen molar-refractivity contribution >= 4 is 12.4 Å². The first-order valence-corrected chi connectivity index (χ1v) is 4.83. The number of hydrogen-bond donors (Lipinski definition) is 1. The third-order valence-corrected chi connectivity index (χ3v) is 2.03. The summed E-state index contributed by atoms with van der Waals surface area (Å²) in [6.45, 7) is 0.119. The van der Waals surface area contributed by atoms with Crippen molar-refractivity contribution in [1.82, 2.24) is 20.2 Å². The number of alkyl halides is 3. The summed E-state index contributed by atoms with van der Waals surface area (Å²) < 4.78 is 40.9. The molecule has 0 bridgehead atoms. The molecule has 10 heteroatoms. The van der Waals surface area contributed by atoms with Crippen molar-refractivity contribution in [3.63, 3.8) is 0 Å². The average Bonchev–Trinajstić information content (AvgIpc) is 2.76. The van der Waals surface area contributed by atoms with Crippen LogP contribution in [0.15, 0.2) is 24.3 Å². The lowest BCUT2D eigenvalue weighted by Gasteiger charge is -2.09. The normalized spacial score (nSPS) is 10.9. The van der Waals surface area contributed by atoms with Crippen LogP contribution in [-0.2, 0) is 6.54 Å². The van der Waals surface area contributed by atoms with Crippen molar-refractivity contribution in [2.24, 2.45) is 5.73 Å². The summed E-state index contributed by atoms with van der Waals surface area (Å²) in [5.41, 5.74) is 5.90. The van der Waals surface area contributed by atoms with Gasteiger partial charge in [-0.3, -0.25) is 0 Å². The zero-order valence-corrected chi connectivity index (χ0v) is 10.1. The Bertz CT molecular complexity index is 527. The molecule has 0 unspecified atom stereocenters. The maximum atomic E-state index is 12.0. The van der Waals surface area contributed by atoms with Crippen LogP contribution in [0, 0.1) is 0 Å². The lowest BCUT2D eigenvalue weighted by Crippen LogP contribution is -2.17. The lowest BCUT2D eigenvalue weighted by atomic mass is 10.3. The standard InChI is InChI=1S/C9H8F3N5O.ClH/c10-9(11,12)18-7-3-1-6(2-4-7)17-8(5-13)14-15-16-17;/h1-4H,5,13H2;1H. The van der Waals surface area contributed by atoms with E-state index in [4.69, 9.17) is 5.73 Å². The molecule has 0 saturated carbocycles. The van der Waals surface area contributed by atoms with Crippen LogP contribution in [0.4, 0.5) is 13.2 Å². The minimum absolute atomic E-state index is 0. The van der Waals surface area contributed by atoms with Crippen LogP contribution >= 0.6 is 12.4 Å². The van der Waals surface area contributed by atoms with E-state index in [9.17, 15) is 13.2 Å². The van der Waals surface area contributed by atoms with Crippen molar-refractivity contribution in [2.45, 2.75) is 12.9 Å². The summed E-state index contributed by atoms with van der Waals surface area (Å²) in [4.78, 5) is 0. The predicted octanol–water partition coefficient (Wildman–Crippen LogP) is 1.44. The molecule has 0 saturated heterocycles. The van der Waals surface area contributed by atoms with Crippen LogP contribution < -0.4 is 10.5 Å². The number of nitrogens with zero attached hydrogens (tertiary/aromatic N) is 4. The second-order valence-corrected chi connectivity index (χ2v) is 3.25. The average molecular weight is 296 g/mol. The SMILES string of the molecule is Cl.NCc1nnnn1-c1ccc(OC(F)(F)F)cc1. The molecule has 1 heterocycles. The van der Waals surface area contributed by atoms with E-state index in [-0.39, 0.29) is 24.7 Å². The highest BCUT2D eigenvalue weighted by atomic mass is 35.5. The Morgan fingerprint density at radius 2 is 1.84 bits per heavy atom. The van der Waals surface area contributed by atoms with Crippen molar-refractivity contribution < 1.29 is 17.9 Å². The van der Waals surface area contributed by atoms with Gasteiger partial charge in [0.25, 0.3) is 0 Å². The van der Waals surface area contributed by atoms with E-state index in [0.717, 1.165) is 0 Å². The smallest absolute Gasteiger partial charge is 0.406 e. The number of aromatic nitrogens is 4. The third kappa shape index (κ3) is 3.80. The monoisotopic (exact) mass is 295 g/mol. The number of nitrogens with two attached hydrogens (primary N) is 1. The number of rotatable bonds is 3. The Balaban J connectivity index is 0.00000180. The molecule has 6 nitrogen and oxygen atoms in total. The van der Waals surface area contributed by atoms with Crippen molar-refractivity contribution in [3.8, 4) is 11.4 Å². The van der Waals surface area contributed by atoms with Gasteiger partial charge in [0.1, 0.15) is 5.75 Å². The van der Waals surface area contributed by atoms with Gasteiger partial charge in [-0.2, -0.15) is 4.68 Å². The molecular formula is C9H9ClF3N5O. The van der Waals surface area contributed by atoms with Crippen LogP contribution in [0.1, 0.15) is 5.82 Å². The van der Waals surface area contributed by atoms with Gasteiger partial charge in [0.2, 0.25) is 0 Å². The zero-order valence-electron chi connectivity index (χ0n) is 9.33. The van der Waals surface area contributed by atoms with E-state index in [1.807, 2.05) is 0 Å². The molecule has 104 valence electrons. The molecule has 0 atom stereocenters. The first kappa shape index (κ1) is 15.2. The number of ether oxygens (including phenoxy) is 1. The summed E-state index contributed by atoms with van der Waals surface area (Å²) in [6.07, 6.45) is -4.71. The molecule has 0 spiro atoms.